The van der Waals surface area contributed by atoms with Crippen LogP contribution in [0.4, 0.5) is 4.79 Å². The number of hydrogen-bond donors (Lipinski definition) is 2. The maximum Gasteiger partial charge on any atom is 0.422 e. The molecule has 0 saturated heterocycles. The first-order valence-electron chi connectivity index (χ1n) is 4.61. The van der Waals surface area contributed by atoms with Gasteiger partial charge in [0.2, 0.25) is 0 Å². The van der Waals surface area contributed by atoms with Crippen LogP contribution in [0.25, 0.3) is 10.9 Å². The largest absolute Gasteiger partial charge is 0.495 e. The molecule has 7 heteroatoms. The summed E-state index contributed by atoms with van der Waals surface area (Å²) in [6, 6.07) is 4.51. The number of ether oxygens (including phenoxy) is 1. The zero-order valence-electron chi connectivity index (χ0n) is 8.76. The lowest BCUT2D eigenvalue weighted by atomic mass is 10.2. The Morgan fingerprint density at radius 1 is 1.41 bits per heavy atom. The summed E-state index contributed by atoms with van der Waals surface area (Å²) in [6.07, 6.45) is -1.62. The molecular formula is C10H8N2O5. The molecule has 2 aromatic rings. The lowest BCUT2D eigenvalue weighted by Gasteiger charge is -2.05. The van der Waals surface area contributed by atoms with E-state index in [1.165, 1.54) is 19.2 Å². The van der Waals surface area contributed by atoms with Crippen molar-refractivity contribution in [1.29, 1.82) is 0 Å². The molecule has 0 unspecified atom stereocenters. The molecule has 0 fully saturated rings. The van der Waals surface area contributed by atoms with Crippen molar-refractivity contribution in [3.63, 3.8) is 0 Å². The Morgan fingerprint density at radius 3 is 2.71 bits per heavy atom. The fourth-order valence-corrected chi connectivity index (χ4v) is 1.56. The third-order valence-electron chi connectivity index (χ3n) is 2.31. The number of benzene rings is 1. The highest BCUT2D eigenvalue weighted by atomic mass is 16.5. The van der Waals surface area contributed by atoms with Crippen LogP contribution in [-0.2, 0) is 0 Å². The molecule has 0 radical (unpaired) electrons. The number of H-pyrrole nitrogens is 1. The molecule has 7 nitrogen and oxygen atoms in total. The summed E-state index contributed by atoms with van der Waals surface area (Å²) in [5.74, 6) is 0.300. The summed E-state index contributed by atoms with van der Waals surface area (Å²) >= 11 is 0. The third kappa shape index (κ3) is 1.57. The highest BCUT2D eigenvalue weighted by molar-refractivity contribution is 5.85. The van der Waals surface area contributed by atoms with Gasteiger partial charge >= 0.3 is 11.8 Å². The van der Waals surface area contributed by atoms with E-state index in [2.05, 4.69) is 4.98 Å². The molecule has 88 valence electrons. The van der Waals surface area contributed by atoms with E-state index in [1.54, 1.807) is 6.07 Å². The molecule has 0 amide bonds. The number of carboxylic acid groups (broad SMARTS) is 1. The number of nitrogens with zero attached hydrogens (tertiary/aromatic N) is 1. The molecule has 0 spiro atoms. The summed E-state index contributed by atoms with van der Waals surface area (Å²) < 4.78 is 5.08. The Morgan fingerprint density at radius 2 is 2.12 bits per heavy atom. The van der Waals surface area contributed by atoms with Gasteiger partial charge in [-0.1, -0.05) is 6.07 Å². The average Bonchev–Trinajstić information content (AvgIpc) is 2.28. The Hall–Kier alpha value is -2.57. The van der Waals surface area contributed by atoms with Gasteiger partial charge in [0.25, 0.3) is 5.56 Å². The summed E-state index contributed by atoms with van der Waals surface area (Å²) in [6.45, 7) is 0. The predicted octanol–water partition coefficient (Wildman–Crippen LogP) is 0.224. The van der Waals surface area contributed by atoms with Gasteiger partial charge in [-0.25, -0.2) is 9.59 Å². The fraction of sp³-hybridized carbons (Fsp3) is 0.100. The Labute approximate surface area is 93.9 Å². The van der Waals surface area contributed by atoms with E-state index in [1.807, 2.05) is 0 Å². The maximum atomic E-state index is 11.8. The number of para-hydroxylation sites is 1. The maximum absolute atomic E-state index is 11.8. The summed E-state index contributed by atoms with van der Waals surface area (Å²) in [5.41, 5.74) is -1.72. The second-order valence-corrected chi connectivity index (χ2v) is 3.24. The van der Waals surface area contributed by atoms with E-state index in [9.17, 15) is 14.4 Å². The van der Waals surface area contributed by atoms with Crippen LogP contribution in [-0.4, -0.2) is 27.9 Å². The number of hydrogen-bond acceptors (Lipinski definition) is 4. The van der Waals surface area contributed by atoms with Crippen LogP contribution >= 0.6 is 0 Å². The van der Waals surface area contributed by atoms with E-state index < -0.39 is 17.3 Å². The number of aromatic amines is 1. The minimum atomic E-state index is -1.62. The molecule has 1 heterocycles. The van der Waals surface area contributed by atoms with Crippen LogP contribution in [0.3, 0.4) is 0 Å². The Bertz CT molecular complexity index is 713. The van der Waals surface area contributed by atoms with Gasteiger partial charge in [0.15, 0.2) is 0 Å². The first-order chi connectivity index (χ1) is 8.06. The number of nitrogens with one attached hydrogen (secondary N) is 1. The summed E-state index contributed by atoms with van der Waals surface area (Å²) in [7, 11) is 1.38. The van der Waals surface area contributed by atoms with Gasteiger partial charge in [-0.15, -0.1) is 0 Å². The summed E-state index contributed by atoms with van der Waals surface area (Å²) in [4.78, 5) is 36.3. The SMILES string of the molecule is COc1cccc2c(=O)n(C(=O)O)c(=O)[nH]c12. The molecule has 0 atom stereocenters. The van der Waals surface area contributed by atoms with Gasteiger partial charge in [0, 0.05) is 0 Å². The molecule has 17 heavy (non-hydrogen) atoms. The van der Waals surface area contributed by atoms with Crippen molar-refractivity contribution in [3.8, 4) is 5.75 Å². The van der Waals surface area contributed by atoms with Crippen LogP contribution in [0, 0.1) is 0 Å². The number of methoxy groups -OCH3 is 1. The van der Waals surface area contributed by atoms with E-state index in [0.717, 1.165) is 0 Å². The smallest absolute Gasteiger partial charge is 0.422 e. The molecule has 1 aromatic carbocycles. The zero-order chi connectivity index (χ0) is 12.6. The molecule has 2 N–H and O–H groups in total. The van der Waals surface area contributed by atoms with Crippen molar-refractivity contribution in [1.82, 2.24) is 9.55 Å². The molecular weight excluding hydrogens is 228 g/mol. The van der Waals surface area contributed by atoms with Gasteiger partial charge in [-0.3, -0.25) is 4.79 Å². The van der Waals surface area contributed by atoms with Crippen LogP contribution in [0.2, 0.25) is 0 Å². The second-order valence-electron chi connectivity index (χ2n) is 3.24. The van der Waals surface area contributed by atoms with Gasteiger partial charge in [-0.2, -0.15) is 4.57 Å². The highest BCUT2D eigenvalue weighted by Crippen LogP contribution is 2.19. The van der Waals surface area contributed by atoms with Gasteiger partial charge in [0.1, 0.15) is 5.75 Å². The van der Waals surface area contributed by atoms with Crippen LogP contribution in [0.15, 0.2) is 27.8 Å². The Kier molecular flexibility index (Phi) is 2.43. The van der Waals surface area contributed by atoms with Crippen LogP contribution in [0.5, 0.6) is 5.75 Å². The van der Waals surface area contributed by atoms with E-state index in [4.69, 9.17) is 9.84 Å². The lowest BCUT2D eigenvalue weighted by molar-refractivity contribution is 0.194. The van der Waals surface area contributed by atoms with E-state index in [-0.39, 0.29) is 15.5 Å². The predicted molar refractivity (Wildman–Crippen MR) is 58.8 cm³/mol. The molecule has 0 aliphatic rings. The molecule has 0 aliphatic carbocycles. The number of fused-ring (bicyclic) bond motifs is 1. The minimum absolute atomic E-state index is 0.0753. The number of carbonyl (C=O) groups is 1. The fourth-order valence-electron chi connectivity index (χ4n) is 1.56. The van der Waals surface area contributed by atoms with Gasteiger partial charge in [-0.05, 0) is 12.1 Å². The quantitative estimate of drug-likeness (QED) is 0.737. The van der Waals surface area contributed by atoms with Crippen molar-refractivity contribution in [2.24, 2.45) is 0 Å². The highest BCUT2D eigenvalue weighted by Gasteiger charge is 2.14. The monoisotopic (exact) mass is 236 g/mol. The first kappa shape index (κ1) is 10.9. The average molecular weight is 236 g/mol. The standard InChI is InChI=1S/C10H8N2O5/c1-17-6-4-2-3-5-7(6)11-9(14)12(8(5)13)10(15)16/h2-4H,1H3,(H,11,14)(H,15,16). The van der Waals surface area contributed by atoms with Gasteiger partial charge < -0.3 is 14.8 Å². The topological polar surface area (TPSA) is 101 Å². The van der Waals surface area contributed by atoms with E-state index in [0.29, 0.717) is 5.75 Å². The summed E-state index contributed by atoms with van der Waals surface area (Å²) in [5, 5.41) is 8.82. The van der Waals surface area contributed by atoms with E-state index >= 15 is 0 Å². The number of rotatable bonds is 1. The molecule has 0 aliphatic heterocycles. The minimum Gasteiger partial charge on any atom is -0.495 e. The normalized spacial score (nSPS) is 10.4. The lowest BCUT2D eigenvalue weighted by Crippen LogP contribution is -2.39. The van der Waals surface area contributed by atoms with Crippen molar-refractivity contribution in [3.05, 3.63) is 39.0 Å². The van der Waals surface area contributed by atoms with Crippen LogP contribution in [0.1, 0.15) is 0 Å². The van der Waals surface area contributed by atoms with Gasteiger partial charge in [0.05, 0.1) is 18.0 Å². The van der Waals surface area contributed by atoms with Crippen molar-refractivity contribution >= 4 is 17.0 Å². The van der Waals surface area contributed by atoms with Crippen molar-refractivity contribution < 1.29 is 14.6 Å². The van der Waals surface area contributed by atoms with Crippen molar-refractivity contribution in [2.75, 3.05) is 7.11 Å². The Balaban J connectivity index is 3.01. The first-order valence-corrected chi connectivity index (χ1v) is 4.61. The molecule has 0 bridgehead atoms. The third-order valence-corrected chi connectivity index (χ3v) is 2.31. The van der Waals surface area contributed by atoms with Crippen molar-refractivity contribution in [2.45, 2.75) is 0 Å². The molecule has 2 rings (SSSR count). The second kappa shape index (κ2) is 3.78. The number of aromatic nitrogens is 2. The van der Waals surface area contributed by atoms with Crippen LogP contribution < -0.4 is 16.0 Å². The molecule has 1 aromatic heterocycles. The molecule has 0 saturated carbocycles. The zero-order valence-corrected chi connectivity index (χ0v) is 8.76.